The van der Waals surface area contributed by atoms with Crippen LogP contribution in [0.4, 0.5) is 15.9 Å². The van der Waals surface area contributed by atoms with Gasteiger partial charge in [0, 0.05) is 29.1 Å². The highest BCUT2D eigenvalue weighted by atomic mass is 32.1. The normalized spacial score (nSPS) is 15.9. The lowest BCUT2D eigenvalue weighted by molar-refractivity contribution is 0.0982. The molecule has 0 saturated heterocycles. The molecular weight excluding hydrogens is 587 g/mol. The number of aliphatic hydroxyl groups excluding tert-OH is 1. The summed E-state index contributed by atoms with van der Waals surface area (Å²) in [5.74, 6) is 1.08. The Bertz CT molecular complexity index is 1810. The number of benzene rings is 2. The largest absolute Gasteiger partial charge is 0.491 e. The van der Waals surface area contributed by atoms with Crippen molar-refractivity contribution in [2.24, 2.45) is 0 Å². The van der Waals surface area contributed by atoms with E-state index in [2.05, 4.69) is 23.2 Å². The molecule has 6 rings (SSSR count). The molecule has 0 spiro atoms. The summed E-state index contributed by atoms with van der Waals surface area (Å²) in [7, 11) is 0. The number of nitrogens with zero attached hydrogens (tertiary/aromatic N) is 3. The molecule has 2 N–H and O–H groups in total. The van der Waals surface area contributed by atoms with Crippen LogP contribution in [-0.2, 0) is 13.0 Å². The molecule has 9 heteroatoms. The monoisotopic (exact) mass is 624 g/mol. The predicted octanol–water partition coefficient (Wildman–Crippen LogP) is 7.47. The number of aliphatic hydroxyl groups is 1. The zero-order valence-corrected chi connectivity index (χ0v) is 26.7. The van der Waals surface area contributed by atoms with Crippen molar-refractivity contribution in [3.8, 4) is 16.2 Å². The summed E-state index contributed by atoms with van der Waals surface area (Å²) < 4.78 is 20.3. The Kier molecular flexibility index (Phi) is 8.74. The smallest absolute Gasteiger partial charge is 0.276 e. The van der Waals surface area contributed by atoms with E-state index in [1.165, 1.54) is 18.3 Å². The minimum atomic E-state index is -1.07. The molecule has 2 aromatic heterocycles. The van der Waals surface area contributed by atoms with Crippen molar-refractivity contribution in [2.75, 3.05) is 29.5 Å². The zero-order chi connectivity index (χ0) is 31.7. The van der Waals surface area contributed by atoms with Crippen LogP contribution >= 0.6 is 11.3 Å². The second kappa shape index (κ2) is 12.9. The molecule has 45 heavy (non-hydrogen) atoms. The van der Waals surface area contributed by atoms with Crippen molar-refractivity contribution >= 4 is 28.7 Å². The van der Waals surface area contributed by atoms with Gasteiger partial charge in [-0.15, -0.1) is 11.3 Å². The van der Waals surface area contributed by atoms with Crippen molar-refractivity contribution in [3.05, 3.63) is 117 Å². The van der Waals surface area contributed by atoms with Gasteiger partial charge in [0.1, 0.15) is 29.7 Å². The molecule has 0 saturated carbocycles. The minimum Gasteiger partial charge on any atom is -0.491 e. The van der Waals surface area contributed by atoms with Crippen LogP contribution in [-0.4, -0.2) is 35.7 Å². The highest BCUT2D eigenvalue weighted by molar-refractivity contribution is 7.15. The second-order valence-electron chi connectivity index (χ2n) is 11.4. The number of halogens is 1. The summed E-state index contributed by atoms with van der Waals surface area (Å²) in [5, 5.41) is 14.0. The van der Waals surface area contributed by atoms with Gasteiger partial charge < -0.3 is 25.0 Å². The number of anilines is 2. The number of para-hydroxylation sites is 1. The number of amides is 1. The summed E-state index contributed by atoms with van der Waals surface area (Å²) in [6.45, 7) is 9.38. The zero-order valence-electron chi connectivity index (χ0n) is 25.9. The maximum atomic E-state index is 14.3. The first-order chi connectivity index (χ1) is 21.7. The molecule has 1 unspecified atom stereocenters. The standard InChI is InChI=1S/C36H37FN4O3S/c1-5-22(2)33(24(4)37)39-35(42)31-20-25-16-17-41(29-13-7-6-11-26(29)34(25)45-31)36(43)28-12-9-15-32(38-28)40-18-19-44-30-14-8-10-23(3)27(30)21-40/h5-15,20,35,39,42H,16-19,21H2,1-4H3/b22-5-,33-24-. The molecule has 0 radical (unpaired) electrons. The fourth-order valence-electron chi connectivity index (χ4n) is 5.90. The molecule has 7 nitrogen and oxygen atoms in total. The molecule has 2 aliphatic heterocycles. The number of aryl methyl sites for hydroxylation is 1. The molecule has 0 bridgehead atoms. The number of pyridine rings is 1. The molecule has 232 valence electrons. The number of allylic oxidation sites excluding steroid dienone is 3. The molecule has 2 aliphatic rings. The quantitative estimate of drug-likeness (QED) is 0.171. The van der Waals surface area contributed by atoms with E-state index >= 15 is 0 Å². The molecule has 0 aliphatic carbocycles. The Morgan fingerprint density at radius 3 is 2.71 bits per heavy atom. The van der Waals surface area contributed by atoms with Crippen LogP contribution in [0.3, 0.4) is 0 Å². The average molecular weight is 625 g/mol. The van der Waals surface area contributed by atoms with Gasteiger partial charge in [-0.2, -0.15) is 0 Å². The fourth-order valence-corrected chi connectivity index (χ4v) is 7.08. The van der Waals surface area contributed by atoms with Crippen molar-refractivity contribution in [1.29, 1.82) is 0 Å². The molecule has 1 amide bonds. The summed E-state index contributed by atoms with van der Waals surface area (Å²) in [6, 6.07) is 21.5. The summed E-state index contributed by atoms with van der Waals surface area (Å²) in [5.41, 5.74) is 6.41. The van der Waals surface area contributed by atoms with Gasteiger partial charge in [-0.1, -0.05) is 42.5 Å². The number of ether oxygens (including phenoxy) is 1. The van der Waals surface area contributed by atoms with Crippen LogP contribution < -0.4 is 19.9 Å². The third kappa shape index (κ3) is 6.10. The van der Waals surface area contributed by atoms with E-state index in [9.17, 15) is 14.3 Å². The van der Waals surface area contributed by atoms with Gasteiger partial charge in [0.25, 0.3) is 5.91 Å². The van der Waals surface area contributed by atoms with Crippen molar-refractivity contribution < 1.29 is 19.0 Å². The topological polar surface area (TPSA) is 77.9 Å². The van der Waals surface area contributed by atoms with Gasteiger partial charge in [0.15, 0.2) is 6.23 Å². The number of hydrogen-bond acceptors (Lipinski definition) is 7. The number of rotatable bonds is 6. The summed E-state index contributed by atoms with van der Waals surface area (Å²) in [6.07, 6.45) is 1.32. The Balaban J connectivity index is 1.27. The van der Waals surface area contributed by atoms with E-state index < -0.39 is 6.23 Å². The van der Waals surface area contributed by atoms with Crippen LogP contribution in [0, 0.1) is 6.92 Å². The first-order valence-corrected chi connectivity index (χ1v) is 16.0. The highest BCUT2D eigenvalue weighted by Crippen LogP contribution is 2.43. The number of hydrogen-bond donors (Lipinski definition) is 2. The Morgan fingerprint density at radius 1 is 1.11 bits per heavy atom. The van der Waals surface area contributed by atoms with Crippen molar-refractivity contribution in [2.45, 2.75) is 46.9 Å². The third-order valence-corrected chi connectivity index (χ3v) is 9.72. The van der Waals surface area contributed by atoms with Gasteiger partial charge in [-0.25, -0.2) is 9.37 Å². The Morgan fingerprint density at radius 2 is 1.91 bits per heavy atom. The molecule has 1 atom stereocenters. The number of nitrogens with one attached hydrogen (secondary N) is 1. The number of carbonyl (C=O) groups is 1. The minimum absolute atomic E-state index is 0.168. The fraction of sp³-hybridized carbons (Fsp3) is 0.278. The van der Waals surface area contributed by atoms with E-state index in [4.69, 9.17) is 9.72 Å². The molecule has 0 fully saturated rings. The molecule has 4 heterocycles. The number of thiophene rings is 1. The van der Waals surface area contributed by atoms with Gasteiger partial charge in [-0.3, -0.25) is 4.79 Å². The number of fused-ring (bicyclic) bond motifs is 4. The highest BCUT2D eigenvalue weighted by Gasteiger charge is 2.29. The van der Waals surface area contributed by atoms with Crippen LogP contribution in [0.5, 0.6) is 5.75 Å². The van der Waals surface area contributed by atoms with Crippen LogP contribution in [0.1, 0.15) is 59.1 Å². The van der Waals surface area contributed by atoms with E-state index in [1.54, 1.807) is 24.0 Å². The molecule has 4 aromatic rings. The van der Waals surface area contributed by atoms with Gasteiger partial charge in [-0.05, 0) is 81.1 Å². The van der Waals surface area contributed by atoms with E-state index in [1.807, 2.05) is 61.5 Å². The summed E-state index contributed by atoms with van der Waals surface area (Å²) in [4.78, 5) is 24.6. The Labute approximate surface area is 267 Å². The average Bonchev–Trinajstić information content (AvgIpc) is 3.26. The van der Waals surface area contributed by atoms with Gasteiger partial charge in [0.2, 0.25) is 0 Å². The maximum absolute atomic E-state index is 14.3. The van der Waals surface area contributed by atoms with Crippen molar-refractivity contribution in [3.63, 3.8) is 0 Å². The first kappa shape index (κ1) is 30.6. The van der Waals surface area contributed by atoms with E-state index in [0.29, 0.717) is 48.8 Å². The first-order valence-electron chi connectivity index (χ1n) is 15.2. The van der Waals surface area contributed by atoms with Gasteiger partial charge >= 0.3 is 0 Å². The van der Waals surface area contributed by atoms with E-state index in [-0.39, 0.29) is 17.4 Å². The maximum Gasteiger partial charge on any atom is 0.276 e. The lowest BCUT2D eigenvalue weighted by Gasteiger charge is -2.25. The predicted molar refractivity (Wildman–Crippen MR) is 178 cm³/mol. The van der Waals surface area contributed by atoms with Crippen molar-refractivity contribution in [1.82, 2.24) is 10.3 Å². The van der Waals surface area contributed by atoms with Crippen LogP contribution in [0.2, 0.25) is 0 Å². The van der Waals surface area contributed by atoms with Crippen LogP contribution in [0.15, 0.2) is 89.9 Å². The number of aromatic nitrogens is 1. The SMILES string of the molecule is C/C=C(C)\C(NC(O)c1cc2c(s1)-c1ccccc1N(C(=O)c1cccc(N3CCOc4cccc(C)c4C3)n1)CC2)=C(/C)F. The lowest BCUT2D eigenvalue weighted by Crippen LogP contribution is -2.34. The second-order valence-corrected chi connectivity index (χ2v) is 12.4. The van der Waals surface area contributed by atoms with Crippen LogP contribution in [0.25, 0.3) is 10.4 Å². The molecule has 2 aromatic carbocycles. The summed E-state index contributed by atoms with van der Waals surface area (Å²) >= 11 is 1.45. The molecular formula is C36H37FN4O3S. The lowest BCUT2D eigenvalue weighted by atomic mass is 10.1. The number of carbonyl (C=O) groups excluding carboxylic acids is 1. The third-order valence-electron chi connectivity index (χ3n) is 8.45. The van der Waals surface area contributed by atoms with E-state index in [0.717, 1.165) is 44.4 Å². The van der Waals surface area contributed by atoms with Gasteiger partial charge in [0.05, 0.1) is 22.8 Å². The Hall–Kier alpha value is -4.47.